The molecule has 0 atom stereocenters. The van der Waals surface area contributed by atoms with Crippen LogP contribution >= 0.6 is 0 Å². The Kier molecular flexibility index (Phi) is 5.96. The predicted molar refractivity (Wildman–Crippen MR) is 102 cm³/mol. The van der Waals surface area contributed by atoms with E-state index in [-0.39, 0.29) is 19.1 Å². The highest BCUT2D eigenvalue weighted by Gasteiger charge is 2.18. The van der Waals surface area contributed by atoms with Crippen molar-refractivity contribution in [2.75, 3.05) is 20.5 Å². The molecule has 0 saturated carbocycles. The second-order valence-corrected chi connectivity index (χ2v) is 5.74. The Morgan fingerprint density at radius 1 is 1.14 bits per heavy atom. The summed E-state index contributed by atoms with van der Waals surface area (Å²) in [6.45, 7) is 3.68. The van der Waals surface area contributed by atoms with Crippen molar-refractivity contribution in [1.29, 1.82) is 0 Å². The lowest BCUT2D eigenvalue weighted by molar-refractivity contribution is -0.138. The van der Waals surface area contributed by atoms with Gasteiger partial charge in [-0.05, 0) is 48.0 Å². The molecule has 0 aromatic heterocycles. The molecule has 0 saturated heterocycles. The standard InChI is InChI=1S/C21H19NO6/c1-3-10-26-21(24)17(11-14-4-9-18-19(12-14)28-13-27-18)22-20(23)15-5-7-16(25-2)8-6-15/h3-9,11-12H,1,10,13H2,2H3,(H,22,23)/b17-11+. The van der Waals surface area contributed by atoms with Gasteiger partial charge in [-0.15, -0.1) is 0 Å². The summed E-state index contributed by atoms with van der Waals surface area (Å²) in [5.41, 5.74) is 1.00. The van der Waals surface area contributed by atoms with Crippen molar-refractivity contribution in [3.63, 3.8) is 0 Å². The molecule has 1 N–H and O–H groups in total. The van der Waals surface area contributed by atoms with Crippen molar-refractivity contribution >= 4 is 18.0 Å². The Labute approximate surface area is 162 Å². The first kappa shape index (κ1) is 19.0. The number of amides is 1. The van der Waals surface area contributed by atoms with Crippen LogP contribution in [0.2, 0.25) is 0 Å². The largest absolute Gasteiger partial charge is 0.497 e. The molecule has 1 heterocycles. The summed E-state index contributed by atoms with van der Waals surface area (Å²) in [5.74, 6) is 0.673. The number of benzene rings is 2. The first-order chi connectivity index (χ1) is 13.6. The number of ether oxygens (including phenoxy) is 4. The number of hydrogen-bond acceptors (Lipinski definition) is 6. The summed E-state index contributed by atoms with van der Waals surface area (Å²) in [7, 11) is 1.54. The van der Waals surface area contributed by atoms with Gasteiger partial charge in [-0.2, -0.15) is 0 Å². The summed E-state index contributed by atoms with van der Waals surface area (Å²) in [6, 6.07) is 11.7. The van der Waals surface area contributed by atoms with Crippen LogP contribution < -0.4 is 19.5 Å². The molecule has 28 heavy (non-hydrogen) atoms. The van der Waals surface area contributed by atoms with E-state index in [0.29, 0.717) is 28.4 Å². The molecule has 2 aromatic carbocycles. The van der Waals surface area contributed by atoms with Gasteiger partial charge in [0.15, 0.2) is 11.5 Å². The van der Waals surface area contributed by atoms with Crippen molar-refractivity contribution in [3.05, 3.63) is 71.9 Å². The van der Waals surface area contributed by atoms with Gasteiger partial charge in [-0.1, -0.05) is 18.7 Å². The van der Waals surface area contributed by atoms with Gasteiger partial charge in [-0.3, -0.25) is 4.79 Å². The van der Waals surface area contributed by atoms with Gasteiger partial charge in [0.05, 0.1) is 7.11 Å². The van der Waals surface area contributed by atoms with E-state index >= 15 is 0 Å². The summed E-state index contributed by atoms with van der Waals surface area (Å²) < 4.78 is 20.8. The highest BCUT2D eigenvalue weighted by molar-refractivity contribution is 6.03. The van der Waals surface area contributed by atoms with E-state index in [1.54, 1.807) is 42.5 Å². The second kappa shape index (κ2) is 8.77. The molecule has 144 valence electrons. The Bertz CT molecular complexity index is 917. The second-order valence-electron chi connectivity index (χ2n) is 5.74. The quantitative estimate of drug-likeness (QED) is 0.451. The van der Waals surface area contributed by atoms with E-state index in [9.17, 15) is 9.59 Å². The maximum absolute atomic E-state index is 12.5. The van der Waals surface area contributed by atoms with Gasteiger partial charge in [-0.25, -0.2) is 4.79 Å². The number of hydrogen-bond donors (Lipinski definition) is 1. The lowest BCUT2D eigenvalue weighted by Gasteiger charge is -2.10. The van der Waals surface area contributed by atoms with Gasteiger partial charge < -0.3 is 24.3 Å². The van der Waals surface area contributed by atoms with Crippen LogP contribution in [0.5, 0.6) is 17.2 Å². The fraction of sp³-hybridized carbons (Fsp3) is 0.143. The smallest absolute Gasteiger partial charge is 0.355 e. The zero-order valence-electron chi connectivity index (χ0n) is 15.3. The number of methoxy groups -OCH3 is 1. The minimum absolute atomic E-state index is 0.0125. The lowest BCUT2D eigenvalue weighted by Crippen LogP contribution is -2.28. The van der Waals surface area contributed by atoms with Crippen molar-refractivity contribution < 1.29 is 28.5 Å². The highest BCUT2D eigenvalue weighted by Crippen LogP contribution is 2.33. The molecule has 7 nitrogen and oxygen atoms in total. The average Bonchev–Trinajstić information content (AvgIpc) is 3.19. The molecule has 1 aliphatic heterocycles. The van der Waals surface area contributed by atoms with Gasteiger partial charge >= 0.3 is 5.97 Å². The summed E-state index contributed by atoms with van der Waals surface area (Å²) >= 11 is 0. The van der Waals surface area contributed by atoms with E-state index in [2.05, 4.69) is 11.9 Å². The Hall–Kier alpha value is -3.74. The third-order valence-corrected chi connectivity index (χ3v) is 3.86. The van der Waals surface area contributed by atoms with Crippen LogP contribution in [0.4, 0.5) is 0 Å². The number of fused-ring (bicyclic) bond motifs is 1. The maximum atomic E-state index is 12.5. The van der Waals surface area contributed by atoms with E-state index in [0.717, 1.165) is 0 Å². The van der Waals surface area contributed by atoms with Crippen LogP contribution in [-0.2, 0) is 9.53 Å². The fourth-order valence-electron chi connectivity index (χ4n) is 2.46. The zero-order valence-corrected chi connectivity index (χ0v) is 15.3. The summed E-state index contributed by atoms with van der Waals surface area (Å²) in [5, 5.41) is 2.60. The van der Waals surface area contributed by atoms with Crippen molar-refractivity contribution in [3.8, 4) is 17.2 Å². The minimum atomic E-state index is -0.681. The molecule has 0 bridgehead atoms. The van der Waals surface area contributed by atoms with Gasteiger partial charge in [0.1, 0.15) is 18.1 Å². The lowest BCUT2D eigenvalue weighted by atomic mass is 10.1. The van der Waals surface area contributed by atoms with Crippen LogP contribution in [-0.4, -0.2) is 32.4 Å². The molecule has 0 aliphatic carbocycles. The Morgan fingerprint density at radius 3 is 2.61 bits per heavy atom. The van der Waals surface area contributed by atoms with E-state index in [1.807, 2.05) is 0 Å². The molecule has 1 aliphatic rings. The third-order valence-electron chi connectivity index (χ3n) is 3.86. The maximum Gasteiger partial charge on any atom is 0.355 e. The minimum Gasteiger partial charge on any atom is -0.497 e. The number of nitrogens with one attached hydrogen (secondary N) is 1. The van der Waals surface area contributed by atoms with E-state index in [1.165, 1.54) is 19.3 Å². The number of carbonyl (C=O) groups is 2. The monoisotopic (exact) mass is 381 g/mol. The summed E-state index contributed by atoms with van der Waals surface area (Å²) in [4.78, 5) is 24.9. The predicted octanol–water partition coefficient (Wildman–Crippen LogP) is 2.92. The molecule has 1 amide bonds. The van der Waals surface area contributed by atoms with Crippen molar-refractivity contribution in [2.24, 2.45) is 0 Å². The molecule has 7 heteroatoms. The fourth-order valence-corrected chi connectivity index (χ4v) is 2.46. The highest BCUT2D eigenvalue weighted by atomic mass is 16.7. The van der Waals surface area contributed by atoms with Crippen LogP contribution in [0.1, 0.15) is 15.9 Å². The molecule has 0 fully saturated rings. The van der Waals surface area contributed by atoms with Crippen LogP contribution in [0.15, 0.2) is 60.8 Å². The van der Waals surface area contributed by atoms with Crippen molar-refractivity contribution in [2.45, 2.75) is 0 Å². The van der Waals surface area contributed by atoms with Crippen molar-refractivity contribution in [1.82, 2.24) is 5.32 Å². The third kappa shape index (κ3) is 4.50. The first-order valence-corrected chi connectivity index (χ1v) is 8.45. The Morgan fingerprint density at radius 2 is 1.89 bits per heavy atom. The van der Waals surface area contributed by atoms with Crippen LogP contribution in [0.3, 0.4) is 0 Å². The average molecular weight is 381 g/mol. The topological polar surface area (TPSA) is 83.1 Å². The van der Waals surface area contributed by atoms with E-state index in [4.69, 9.17) is 18.9 Å². The first-order valence-electron chi connectivity index (χ1n) is 8.45. The van der Waals surface area contributed by atoms with Crippen LogP contribution in [0, 0.1) is 0 Å². The SMILES string of the molecule is C=CCOC(=O)/C(=C\c1ccc2c(c1)OCO2)NC(=O)c1ccc(OC)cc1. The molecular weight excluding hydrogens is 362 g/mol. The van der Waals surface area contributed by atoms with Gasteiger partial charge in [0.2, 0.25) is 6.79 Å². The molecular formula is C21H19NO6. The Balaban J connectivity index is 1.84. The molecule has 0 unspecified atom stereocenters. The normalized spacial score (nSPS) is 12.2. The van der Waals surface area contributed by atoms with Gasteiger partial charge in [0.25, 0.3) is 5.91 Å². The summed E-state index contributed by atoms with van der Waals surface area (Å²) in [6.07, 6.45) is 2.95. The molecule has 3 rings (SSSR count). The number of rotatable bonds is 7. The molecule has 2 aromatic rings. The molecule has 0 radical (unpaired) electrons. The van der Waals surface area contributed by atoms with E-state index < -0.39 is 11.9 Å². The molecule has 0 spiro atoms. The van der Waals surface area contributed by atoms with Gasteiger partial charge in [0, 0.05) is 5.56 Å². The number of esters is 1. The zero-order chi connectivity index (χ0) is 19.9. The van der Waals surface area contributed by atoms with Crippen LogP contribution in [0.25, 0.3) is 6.08 Å². The number of carbonyl (C=O) groups excluding carboxylic acids is 2.